The second-order valence-corrected chi connectivity index (χ2v) is 5.65. The molecule has 0 radical (unpaired) electrons. The molecule has 0 aliphatic carbocycles. The summed E-state index contributed by atoms with van der Waals surface area (Å²) < 4.78 is 5.40. The molecule has 1 aliphatic heterocycles. The number of ether oxygens (including phenoxy) is 1. The molecule has 0 aromatic heterocycles. The van der Waals surface area contributed by atoms with Gasteiger partial charge in [-0.05, 0) is 38.0 Å². The molecule has 0 bridgehead atoms. The molecule has 17 heavy (non-hydrogen) atoms. The molecule has 3 heteroatoms. The van der Waals surface area contributed by atoms with Gasteiger partial charge in [0.25, 0.3) is 0 Å². The minimum atomic E-state index is 0.178. The van der Waals surface area contributed by atoms with Crippen LogP contribution < -0.4 is 0 Å². The van der Waals surface area contributed by atoms with Gasteiger partial charge in [0.15, 0.2) is 0 Å². The molecule has 1 aromatic carbocycles. The van der Waals surface area contributed by atoms with E-state index in [0.29, 0.717) is 0 Å². The van der Waals surface area contributed by atoms with Crippen molar-refractivity contribution in [3.63, 3.8) is 0 Å². The maximum atomic E-state index is 5.90. The Morgan fingerprint density at radius 3 is 2.35 bits per heavy atom. The van der Waals surface area contributed by atoms with Gasteiger partial charge in [-0.15, -0.1) is 0 Å². The summed E-state index contributed by atoms with van der Waals surface area (Å²) in [7, 11) is 0. The molecule has 94 valence electrons. The Hall–Kier alpha value is -0.570. The van der Waals surface area contributed by atoms with Crippen LogP contribution in [-0.4, -0.2) is 36.7 Å². The molecule has 0 N–H and O–H groups in total. The maximum absolute atomic E-state index is 5.90. The monoisotopic (exact) mass is 253 g/mol. The largest absolute Gasteiger partial charge is 0.379 e. The highest BCUT2D eigenvalue weighted by atomic mass is 35.5. The smallest absolute Gasteiger partial charge is 0.0594 e. The predicted octanol–water partition coefficient (Wildman–Crippen LogP) is 2.99. The fraction of sp³-hybridized carbons (Fsp3) is 0.571. The summed E-state index contributed by atoms with van der Waals surface area (Å²) in [6.45, 7) is 8.36. The van der Waals surface area contributed by atoms with Crippen molar-refractivity contribution in [2.75, 3.05) is 26.3 Å². The van der Waals surface area contributed by atoms with Gasteiger partial charge in [0.05, 0.1) is 13.2 Å². The number of morpholine rings is 1. The lowest BCUT2D eigenvalue weighted by atomic mass is 9.92. The molecule has 0 spiro atoms. The molecular formula is C14H20ClNO. The summed E-state index contributed by atoms with van der Waals surface area (Å²) in [4.78, 5) is 2.51. The maximum Gasteiger partial charge on any atom is 0.0594 e. The summed E-state index contributed by atoms with van der Waals surface area (Å²) in [5.74, 6) is 0. The molecular weight excluding hydrogens is 234 g/mol. The standard InChI is InChI=1S/C14H20ClNO/c1-14(2,16-7-9-17-10-8-16)11-12-3-5-13(15)6-4-12/h3-6H,7-11H2,1-2H3. The van der Waals surface area contributed by atoms with E-state index in [1.165, 1.54) is 5.56 Å². The van der Waals surface area contributed by atoms with Crippen LogP contribution in [0.25, 0.3) is 0 Å². The molecule has 1 saturated heterocycles. The number of hydrogen-bond donors (Lipinski definition) is 0. The van der Waals surface area contributed by atoms with Gasteiger partial charge in [-0.3, -0.25) is 4.90 Å². The van der Waals surface area contributed by atoms with E-state index in [-0.39, 0.29) is 5.54 Å². The SMILES string of the molecule is CC(C)(Cc1ccc(Cl)cc1)N1CCOCC1. The third-order valence-corrected chi connectivity index (χ3v) is 3.67. The first kappa shape index (κ1) is 12.9. The number of halogens is 1. The fourth-order valence-electron chi connectivity index (χ4n) is 2.38. The summed E-state index contributed by atoms with van der Waals surface area (Å²) in [6.07, 6.45) is 1.05. The average molecular weight is 254 g/mol. The number of hydrogen-bond acceptors (Lipinski definition) is 2. The Kier molecular flexibility index (Phi) is 4.08. The topological polar surface area (TPSA) is 12.5 Å². The first-order valence-electron chi connectivity index (χ1n) is 6.15. The minimum absolute atomic E-state index is 0.178. The Bertz CT molecular complexity index is 355. The molecule has 1 heterocycles. The quantitative estimate of drug-likeness (QED) is 0.821. The molecule has 0 saturated carbocycles. The van der Waals surface area contributed by atoms with Crippen molar-refractivity contribution in [2.45, 2.75) is 25.8 Å². The molecule has 1 fully saturated rings. The van der Waals surface area contributed by atoms with E-state index in [9.17, 15) is 0 Å². The zero-order valence-electron chi connectivity index (χ0n) is 10.6. The van der Waals surface area contributed by atoms with Crippen LogP contribution in [0, 0.1) is 0 Å². The molecule has 0 amide bonds. The minimum Gasteiger partial charge on any atom is -0.379 e. The van der Waals surface area contributed by atoms with Gasteiger partial charge in [0.1, 0.15) is 0 Å². The molecule has 2 nitrogen and oxygen atoms in total. The molecule has 0 atom stereocenters. The molecule has 1 aliphatic rings. The first-order chi connectivity index (χ1) is 8.08. The first-order valence-corrected chi connectivity index (χ1v) is 6.53. The zero-order valence-corrected chi connectivity index (χ0v) is 11.3. The van der Waals surface area contributed by atoms with Crippen molar-refractivity contribution in [2.24, 2.45) is 0 Å². The third-order valence-electron chi connectivity index (χ3n) is 3.42. The summed E-state index contributed by atoms with van der Waals surface area (Å²) in [5.41, 5.74) is 1.52. The Labute approximate surface area is 109 Å². The summed E-state index contributed by atoms with van der Waals surface area (Å²) in [6, 6.07) is 8.16. The zero-order chi connectivity index (χ0) is 12.3. The van der Waals surface area contributed by atoms with Gasteiger partial charge in [-0.1, -0.05) is 23.7 Å². The lowest BCUT2D eigenvalue weighted by molar-refractivity contribution is -0.00984. The van der Waals surface area contributed by atoms with E-state index >= 15 is 0 Å². The third kappa shape index (κ3) is 3.44. The van der Waals surface area contributed by atoms with Gasteiger partial charge in [0.2, 0.25) is 0 Å². The lowest BCUT2D eigenvalue weighted by Gasteiger charge is -2.41. The van der Waals surface area contributed by atoms with E-state index in [0.717, 1.165) is 37.7 Å². The van der Waals surface area contributed by atoms with Crippen molar-refractivity contribution in [3.05, 3.63) is 34.9 Å². The van der Waals surface area contributed by atoms with Crippen molar-refractivity contribution in [1.82, 2.24) is 4.90 Å². The van der Waals surface area contributed by atoms with Gasteiger partial charge in [-0.2, -0.15) is 0 Å². The Morgan fingerprint density at radius 1 is 1.18 bits per heavy atom. The van der Waals surface area contributed by atoms with Crippen LogP contribution >= 0.6 is 11.6 Å². The van der Waals surface area contributed by atoms with Crippen LogP contribution in [0.1, 0.15) is 19.4 Å². The molecule has 1 aromatic rings. The summed E-state index contributed by atoms with van der Waals surface area (Å²) in [5, 5.41) is 0.804. The Balaban J connectivity index is 2.02. The van der Waals surface area contributed by atoms with Gasteiger partial charge in [-0.25, -0.2) is 0 Å². The predicted molar refractivity (Wildman–Crippen MR) is 71.6 cm³/mol. The average Bonchev–Trinajstić information content (AvgIpc) is 2.33. The van der Waals surface area contributed by atoms with Crippen molar-refractivity contribution in [1.29, 1.82) is 0 Å². The van der Waals surface area contributed by atoms with E-state index in [2.05, 4.69) is 30.9 Å². The molecule has 0 unspecified atom stereocenters. The highest BCUT2D eigenvalue weighted by molar-refractivity contribution is 6.30. The number of nitrogens with zero attached hydrogens (tertiary/aromatic N) is 1. The van der Waals surface area contributed by atoms with Crippen LogP contribution in [0.2, 0.25) is 5.02 Å². The van der Waals surface area contributed by atoms with Crippen LogP contribution in [0.4, 0.5) is 0 Å². The highest BCUT2D eigenvalue weighted by Crippen LogP contribution is 2.22. The second kappa shape index (κ2) is 5.38. The molecule has 2 rings (SSSR count). The van der Waals surface area contributed by atoms with Crippen molar-refractivity contribution < 1.29 is 4.74 Å². The lowest BCUT2D eigenvalue weighted by Crippen LogP contribution is -2.51. The van der Waals surface area contributed by atoms with Crippen molar-refractivity contribution >= 4 is 11.6 Å². The summed E-state index contributed by atoms with van der Waals surface area (Å²) >= 11 is 5.90. The van der Waals surface area contributed by atoms with Crippen LogP contribution in [0.5, 0.6) is 0 Å². The van der Waals surface area contributed by atoms with Crippen LogP contribution in [0.3, 0.4) is 0 Å². The van der Waals surface area contributed by atoms with Crippen LogP contribution in [0.15, 0.2) is 24.3 Å². The number of benzene rings is 1. The Morgan fingerprint density at radius 2 is 1.76 bits per heavy atom. The van der Waals surface area contributed by atoms with E-state index < -0.39 is 0 Å². The number of rotatable bonds is 3. The van der Waals surface area contributed by atoms with Gasteiger partial charge in [0, 0.05) is 23.7 Å². The van der Waals surface area contributed by atoms with Gasteiger partial charge >= 0.3 is 0 Å². The van der Waals surface area contributed by atoms with Crippen LogP contribution in [-0.2, 0) is 11.2 Å². The van der Waals surface area contributed by atoms with E-state index in [4.69, 9.17) is 16.3 Å². The second-order valence-electron chi connectivity index (χ2n) is 5.22. The normalized spacial score (nSPS) is 18.3. The van der Waals surface area contributed by atoms with E-state index in [1.54, 1.807) is 0 Å². The van der Waals surface area contributed by atoms with Gasteiger partial charge < -0.3 is 4.74 Å². The van der Waals surface area contributed by atoms with Crippen molar-refractivity contribution in [3.8, 4) is 0 Å². The highest BCUT2D eigenvalue weighted by Gasteiger charge is 2.28. The van der Waals surface area contributed by atoms with E-state index in [1.807, 2.05) is 12.1 Å². The fourth-order valence-corrected chi connectivity index (χ4v) is 2.51.